The van der Waals surface area contributed by atoms with Crippen LogP contribution in [0, 0.1) is 21.4 Å². The quantitative estimate of drug-likeness (QED) is 0.626. The molecule has 0 bridgehead atoms. The molecule has 0 aliphatic carbocycles. The second kappa shape index (κ2) is 4.91. The van der Waals surface area contributed by atoms with Gasteiger partial charge < -0.3 is 0 Å². The maximum atomic E-state index is 11.6. The lowest BCUT2D eigenvalue weighted by Gasteiger charge is -2.06. The Morgan fingerprint density at radius 1 is 1.53 bits per heavy atom. The molecular weight excluding hydrogens is 290 g/mol. The van der Waals surface area contributed by atoms with Crippen LogP contribution in [0.3, 0.4) is 0 Å². The van der Waals surface area contributed by atoms with Gasteiger partial charge in [0.1, 0.15) is 6.07 Å². The van der Waals surface area contributed by atoms with E-state index in [0.29, 0.717) is 5.52 Å². The molecule has 0 saturated heterocycles. The van der Waals surface area contributed by atoms with E-state index in [9.17, 15) is 14.3 Å². The highest BCUT2D eigenvalue weighted by atomic mass is 35.5. The number of pyridine rings is 1. The topological polar surface area (TPSA) is 96.9 Å². The van der Waals surface area contributed by atoms with E-state index in [2.05, 4.69) is 4.98 Å². The van der Waals surface area contributed by atoms with Gasteiger partial charge in [-0.3, -0.25) is 19.3 Å². The number of non-ortho nitro benzene ring substituents is 1. The number of nitrogens with zero attached hydrogens (tertiary/aromatic N) is 3. The van der Waals surface area contributed by atoms with Gasteiger partial charge in [0, 0.05) is 30.0 Å². The molecule has 96 valence electrons. The molecule has 2 rings (SSSR count). The Balaban J connectivity index is 2.96. The van der Waals surface area contributed by atoms with Gasteiger partial charge in [0.15, 0.2) is 0 Å². The first-order valence-electron chi connectivity index (χ1n) is 4.96. The average Bonchev–Trinajstić information content (AvgIpc) is 2.38. The molecule has 1 aromatic carbocycles. The van der Waals surface area contributed by atoms with Gasteiger partial charge in [-0.05, 0) is 0 Å². The summed E-state index contributed by atoms with van der Waals surface area (Å²) in [4.78, 5) is 14.5. The van der Waals surface area contributed by atoms with Gasteiger partial charge in [-0.1, -0.05) is 11.6 Å². The number of nitriles is 1. The molecule has 8 heteroatoms. The fourth-order valence-electron chi connectivity index (χ4n) is 1.63. The van der Waals surface area contributed by atoms with Crippen LogP contribution >= 0.6 is 11.6 Å². The van der Waals surface area contributed by atoms with E-state index in [1.807, 2.05) is 6.07 Å². The van der Waals surface area contributed by atoms with Crippen molar-refractivity contribution < 1.29 is 9.13 Å². The molecule has 6 nitrogen and oxygen atoms in total. The fourth-order valence-corrected chi connectivity index (χ4v) is 2.58. The number of fused-ring (bicyclic) bond motifs is 1. The zero-order valence-corrected chi connectivity index (χ0v) is 11.2. The zero-order valence-electron chi connectivity index (χ0n) is 9.58. The molecule has 2 aromatic rings. The Labute approximate surface area is 115 Å². The number of hydrogen-bond donors (Lipinski definition) is 0. The summed E-state index contributed by atoms with van der Waals surface area (Å²) in [6, 6.07) is 4.27. The fraction of sp³-hybridized carbons (Fsp3) is 0.0909. The predicted octanol–water partition coefficient (Wildman–Crippen LogP) is 2.41. The standard InChI is InChI=1S/C11H6ClN3O3S/c1-19(18)9-3-7(15(16)17)2-8-10(12)6(4-13)5-14-11(8)9/h2-3,5H,1H3/t19-/m0/s1. The van der Waals surface area contributed by atoms with Gasteiger partial charge in [0.2, 0.25) is 0 Å². The van der Waals surface area contributed by atoms with Crippen molar-refractivity contribution in [1.82, 2.24) is 4.98 Å². The van der Waals surface area contributed by atoms with Crippen LogP contribution in [0.2, 0.25) is 5.02 Å². The molecule has 0 unspecified atom stereocenters. The molecule has 1 heterocycles. The summed E-state index contributed by atoms with van der Waals surface area (Å²) < 4.78 is 11.6. The Morgan fingerprint density at radius 3 is 2.74 bits per heavy atom. The third-order valence-corrected chi connectivity index (χ3v) is 3.83. The number of rotatable bonds is 2. The second-order valence-corrected chi connectivity index (χ2v) is 5.38. The van der Waals surface area contributed by atoms with Crippen molar-refractivity contribution >= 4 is 39.0 Å². The highest BCUT2D eigenvalue weighted by Gasteiger charge is 2.18. The van der Waals surface area contributed by atoms with Crippen LogP contribution in [-0.2, 0) is 10.8 Å². The normalized spacial score (nSPS) is 12.1. The number of benzene rings is 1. The summed E-state index contributed by atoms with van der Waals surface area (Å²) in [7, 11) is -1.46. The smallest absolute Gasteiger partial charge is 0.258 e. The SMILES string of the molecule is C[S@](=O)c1cc([N+](=O)[O-])cc2c(Cl)c(C#N)cnc12. The van der Waals surface area contributed by atoms with Crippen molar-refractivity contribution in [3.8, 4) is 6.07 Å². The Kier molecular flexibility index (Phi) is 3.46. The number of nitro benzene ring substituents is 1. The molecule has 0 radical (unpaired) electrons. The lowest BCUT2D eigenvalue weighted by atomic mass is 10.1. The van der Waals surface area contributed by atoms with Gasteiger partial charge in [0.25, 0.3) is 5.69 Å². The van der Waals surface area contributed by atoms with Crippen molar-refractivity contribution in [1.29, 1.82) is 5.26 Å². The number of nitro groups is 1. The average molecular weight is 296 g/mol. The molecular formula is C11H6ClN3O3S. The third-order valence-electron chi connectivity index (χ3n) is 2.50. The minimum atomic E-state index is -1.46. The molecule has 0 aliphatic rings. The Morgan fingerprint density at radius 2 is 2.21 bits per heavy atom. The number of halogens is 1. The van der Waals surface area contributed by atoms with Crippen molar-refractivity contribution in [3.63, 3.8) is 0 Å². The van der Waals surface area contributed by atoms with E-state index in [4.69, 9.17) is 16.9 Å². The van der Waals surface area contributed by atoms with Crippen molar-refractivity contribution in [2.75, 3.05) is 6.26 Å². The van der Waals surface area contributed by atoms with Gasteiger partial charge in [-0.15, -0.1) is 0 Å². The van der Waals surface area contributed by atoms with Crippen molar-refractivity contribution in [3.05, 3.63) is 39.0 Å². The van der Waals surface area contributed by atoms with Crippen LogP contribution < -0.4 is 0 Å². The van der Waals surface area contributed by atoms with Crippen LogP contribution in [0.4, 0.5) is 5.69 Å². The number of aromatic nitrogens is 1. The maximum Gasteiger partial charge on any atom is 0.271 e. The summed E-state index contributed by atoms with van der Waals surface area (Å²) in [6.45, 7) is 0. The summed E-state index contributed by atoms with van der Waals surface area (Å²) in [5.41, 5.74) is 0.175. The largest absolute Gasteiger partial charge is 0.271 e. The van der Waals surface area contributed by atoms with E-state index in [0.717, 1.165) is 0 Å². The van der Waals surface area contributed by atoms with E-state index in [-0.39, 0.29) is 26.6 Å². The van der Waals surface area contributed by atoms with E-state index in [1.165, 1.54) is 24.6 Å². The highest BCUT2D eigenvalue weighted by molar-refractivity contribution is 7.84. The summed E-state index contributed by atoms with van der Waals surface area (Å²) in [5.74, 6) is 0. The van der Waals surface area contributed by atoms with Crippen LogP contribution in [0.25, 0.3) is 10.9 Å². The first-order chi connectivity index (χ1) is 8.95. The first-order valence-corrected chi connectivity index (χ1v) is 6.89. The molecule has 0 amide bonds. The van der Waals surface area contributed by atoms with Crippen LogP contribution in [-0.4, -0.2) is 20.4 Å². The molecule has 1 aromatic heterocycles. The summed E-state index contributed by atoms with van der Waals surface area (Å²) in [6.07, 6.45) is 2.65. The molecule has 19 heavy (non-hydrogen) atoms. The predicted molar refractivity (Wildman–Crippen MR) is 70.5 cm³/mol. The zero-order chi connectivity index (χ0) is 14.2. The highest BCUT2D eigenvalue weighted by Crippen LogP contribution is 2.32. The van der Waals surface area contributed by atoms with E-state index < -0.39 is 15.7 Å². The first kappa shape index (κ1) is 13.4. The Hall–Kier alpha value is -2.04. The second-order valence-electron chi connectivity index (χ2n) is 3.65. The molecule has 0 spiro atoms. The van der Waals surface area contributed by atoms with Gasteiger partial charge in [-0.25, -0.2) is 0 Å². The minimum Gasteiger partial charge on any atom is -0.258 e. The third kappa shape index (κ3) is 2.28. The van der Waals surface area contributed by atoms with Crippen LogP contribution in [0.15, 0.2) is 23.2 Å². The van der Waals surface area contributed by atoms with E-state index in [1.54, 1.807) is 0 Å². The Bertz CT molecular complexity index is 770. The molecule has 0 saturated carbocycles. The van der Waals surface area contributed by atoms with Crippen LogP contribution in [0.1, 0.15) is 5.56 Å². The maximum absolute atomic E-state index is 11.6. The molecule has 0 fully saturated rings. The van der Waals surface area contributed by atoms with Crippen molar-refractivity contribution in [2.45, 2.75) is 4.90 Å². The molecule has 1 atom stereocenters. The van der Waals surface area contributed by atoms with E-state index >= 15 is 0 Å². The van der Waals surface area contributed by atoms with Crippen molar-refractivity contribution in [2.24, 2.45) is 0 Å². The van der Waals surface area contributed by atoms with Gasteiger partial charge in [0.05, 0.1) is 36.7 Å². The minimum absolute atomic E-state index is 0.0721. The summed E-state index contributed by atoms with van der Waals surface area (Å²) >= 11 is 6.01. The molecule has 0 aliphatic heterocycles. The molecule has 0 N–H and O–H groups in total. The summed E-state index contributed by atoms with van der Waals surface area (Å²) in [5, 5.41) is 20.1. The lowest BCUT2D eigenvalue weighted by molar-refractivity contribution is -0.384. The lowest BCUT2D eigenvalue weighted by Crippen LogP contribution is -1.97. The number of hydrogen-bond acceptors (Lipinski definition) is 5. The van der Waals surface area contributed by atoms with Gasteiger partial charge >= 0.3 is 0 Å². The monoisotopic (exact) mass is 295 g/mol. The van der Waals surface area contributed by atoms with Gasteiger partial charge in [-0.2, -0.15) is 5.26 Å². The van der Waals surface area contributed by atoms with Crippen LogP contribution in [0.5, 0.6) is 0 Å².